The Balaban J connectivity index is 2.27. The number of aliphatic hydroxyl groups excluding tert-OH is 2. The van der Waals surface area contributed by atoms with Gasteiger partial charge >= 0.3 is 0 Å². The van der Waals surface area contributed by atoms with Crippen LogP contribution in [0.1, 0.15) is 16.8 Å². The van der Waals surface area contributed by atoms with Gasteiger partial charge in [0.1, 0.15) is 0 Å². The van der Waals surface area contributed by atoms with Crippen molar-refractivity contribution in [3.05, 3.63) is 33.2 Å². The topological polar surface area (TPSA) is 111 Å². The molecule has 2 atom stereocenters. The Morgan fingerprint density at radius 3 is 2.59 bits per heavy atom. The van der Waals surface area contributed by atoms with Crippen molar-refractivity contribution >= 4 is 9.84 Å². The van der Waals surface area contributed by atoms with Gasteiger partial charge in [0.15, 0.2) is 15.3 Å². The SMILES string of the molecule is Cc1c[nH]c(CN(CCO)[C@@H]2CS(=O)(=O)C[C@H]2O)c(C)c1=O. The minimum atomic E-state index is -3.27. The second kappa shape index (κ2) is 6.49. The Morgan fingerprint density at radius 2 is 2.05 bits per heavy atom. The molecule has 0 aromatic carbocycles. The third-order valence-electron chi connectivity index (χ3n) is 4.13. The van der Waals surface area contributed by atoms with Crippen LogP contribution in [0.3, 0.4) is 0 Å². The third kappa shape index (κ3) is 3.57. The lowest BCUT2D eigenvalue weighted by molar-refractivity contribution is 0.0646. The molecule has 1 aliphatic rings. The van der Waals surface area contributed by atoms with Crippen molar-refractivity contribution in [2.45, 2.75) is 32.5 Å². The van der Waals surface area contributed by atoms with E-state index in [0.29, 0.717) is 16.8 Å². The minimum absolute atomic E-state index is 0.0581. The molecule has 0 aliphatic carbocycles. The van der Waals surface area contributed by atoms with Gasteiger partial charge in [0.05, 0.1) is 30.3 Å². The molecule has 0 radical (unpaired) electrons. The van der Waals surface area contributed by atoms with Crippen molar-refractivity contribution in [3.63, 3.8) is 0 Å². The summed E-state index contributed by atoms with van der Waals surface area (Å²) in [4.78, 5) is 16.7. The van der Waals surface area contributed by atoms with E-state index in [4.69, 9.17) is 0 Å². The zero-order valence-electron chi connectivity index (χ0n) is 12.7. The highest BCUT2D eigenvalue weighted by atomic mass is 32.2. The smallest absolute Gasteiger partial charge is 0.187 e. The highest BCUT2D eigenvalue weighted by Crippen LogP contribution is 2.20. The summed E-state index contributed by atoms with van der Waals surface area (Å²) >= 11 is 0. The van der Waals surface area contributed by atoms with Crippen molar-refractivity contribution in [2.24, 2.45) is 0 Å². The fourth-order valence-corrected chi connectivity index (χ4v) is 4.65. The van der Waals surface area contributed by atoms with Crippen LogP contribution in [0.25, 0.3) is 0 Å². The lowest BCUT2D eigenvalue weighted by atomic mass is 10.1. The summed E-state index contributed by atoms with van der Waals surface area (Å²) in [6, 6.07) is -0.568. The summed E-state index contributed by atoms with van der Waals surface area (Å²) in [5, 5.41) is 19.2. The average molecular weight is 330 g/mol. The number of nitrogens with zero attached hydrogens (tertiary/aromatic N) is 1. The van der Waals surface area contributed by atoms with Crippen molar-refractivity contribution in [2.75, 3.05) is 24.7 Å². The van der Waals surface area contributed by atoms with Crippen LogP contribution in [0.15, 0.2) is 11.0 Å². The van der Waals surface area contributed by atoms with Crippen LogP contribution in [-0.2, 0) is 16.4 Å². The van der Waals surface area contributed by atoms with Crippen LogP contribution in [0.5, 0.6) is 0 Å². The predicted octanol–water partition coefficient (Wildman–Crippen LogP) is -1.06. The highest BCUT2D eigenvalue weighted by Gasteiger charge is 2.39. The maximum Gasteiger partial charge on any atom is 0.187 e. The molecule has 0 unspecified atom stereocenters. The van der Waals surface area contributed by atoms with E-state index in [1.54, 1.807) is 24.9 Å². The summed E-state index contributed by atoms with van der Waals surface area (Å²) in [6.07, 6.45) is 0.637. The number of nitrogens with one attached hydrogen (secondary N) is 1. The molecule has 7 nitrogen and oxygen atoms in total. The number of rotatable bonds is 5. The molecule has 3 N–H and O–H groups in total. The molecule has 1 aromatic rings. The van der Waals surface area contributed by atoms with Crippen molar-refractivity contribution in [3.8, 4) is 0 Å². The fraction of sp³-hybridized carbons (Fsp3) is 0.643. The number of pyridine rings is 1. The van der Waals surface area contributed by atoms with Gasteiger partial charge in [0.25, 0.3) is 0 Å². The number of hydrogen-bond donors (Lipinski definition) is 3. The van der Waals surface area contributed by atoms with Gasteiger partial charge in [-0.2, -0.15) is 0 Å². The van der Waals surface area contributed by atoms with E-state index < -0.39 is 22.0 Å². The number of aryl methyl sites for hydroxylation is 1. The Labute approximate surface area is 129 Å². The van der Waals surface area contributed by atoms with Crippen LogP contribution < -0.4 is 5.43 Å². The van der Waals surface area contributed by atoms with Gasteiger partial charge < -0.3 is 15.2 Å². The van der Waals surface area contributed by atoms with Crippen LogP contribution in [0, 0.1) is 13.8 Å². The van der Waals surface area contributed by atoms with Gasteiger partial charge in [-0.25, -0.2) is 8.42 Å². The molecule has 1 aromatic heterocycles. The Kier molecular flexibility index (Phi) is 5.06. The van der Waals surface area contributed by atoms with Crippen molar-refractivity contribution in [1.29, 1.82) is 0 Å². The molecule has 1 aliphatic heterocycles. The van der Waals surface area contributed by atoms with Gasteiger partial charge in [-0.15, -0.1) is 0 Å². The Morgan fingerprint density at radius 1 is 1.36 bits per heavy atom. The number of H-pyrrole nitrogens is 1. The predicted molar refractivity (Wildman–Crippen MR) is 82.5 cm³/mol. The molecule has 0 amide bonds. The second-order valence-electron chi connectivity index (χ2n) is 5.81. The molecule has 1 saturated heterocycles. The van der Waals surface area contributed by atoms with Gasteiger partial charge in [-0.1, -0.05) is 0 Å². The number of aromatic nitrogens is 1. The first-order valence-electron chi connectivity index (χ1n) is 7.16. The third-order valence-corrected chi connectivity index (χ3v) is 5.82. The second-order valence-corrected chi connectivity index (χ2v) is 7.96. The highest BCUT2D eigenvalue weighted by molar-refractivity contribution is 7.91. The molecule has 2 rings (SSSR count). The molecular weight excluding hydrogens is 308 g/mol. The van der Waals surface area contributed by atoms with Crippen molar-refractivity contribution < 1.29 is 18.6 Å². The number of aliphatic hydroxyl groups is 2. The summed E-state index contributed by atoms with van der Waals surface area (Å²) < 4.78 is 23.3. The number of sulfone groups is 1. The molecule has 0 saturated carbocycles. The van der Waals surface area contributed by atoms with Crippen LogP contribution in [-0.4, -0.2) is 65.3 Å². The first kappa shape index (κ1) is 17.1. The molecule has 22 heavy (non-hydrogen) atoms. The lowest BCUT2D eigenvalue weighted by Gasteiger charge is -2.29. The first-order valence-corrected chi connectivity index (χ1v) is 8.98. The van der Waals surface area contributed by atoms with E-state index in [1.807, 2.05) is 0 Å². The molecule has 1 fully saturated rings. The lowest BCUT2D eigenvalue weighted by Crippen LogP contribution is -2.44. The van der Waals surface area contributed by atoms with E-state index in [-0.39, 0.29) is 36.6 Å². The van der Waals surface area contributed by atoms with E-state index in [9.17, 15) is 23.4 Å². The Hall–Kier alpha value is -1.22. The van der Waals surface area contributed by atoms with Gasteiger partial charge in [-0.3, -0.25) is 9.69 Å². The van der Waals surface area contributed by atoms with E-state index in [2.05, 4.69) is 4.98 Å². The van der Waals surface area contributed by atoms with Crippen LogP contribution >= 0.6 is 0 Å². The number of hydrogen-bond acceptors (Lipinski definition) is 6. The standard InChI is InChI=1S/C14H22N2O5S/c1-9-5-15-11(10(2)14(9)19)6-16(3-4-17)12-7-22(20,21)8-13(12)18/h5,12-13,17-18H,3-4,6-8H2,1-2H3,(H,15,19)/t12-,13-/m1/s1. The molecule has 0 spiro atoms. The summed E-state index contributed by atoms with van der Waals surface area (Å²) in [5.74, 6) is -0.397. The molecule has 8 heteroatoms. The first-order chi connectivity index (χ1) is 10.2. The maximum absolute atomic E-state index is 12.0. The molecule has 124 valence electrons. The number of aromatic amines is 1. The largest absolute Gasteiger partial charge is 0.395 e. The molecular formula is C14H22N2O5S. The monoisotopic (exact) mass is 330 g/mol. The minimum Gasteiger partial charge on any atom is -0.395 e. The van der Waals surface area contributed by atoms with Crippen molar-refractivity contribution in [1.82, 2.24) is 9.88 Å². The maximum atomic E-state index is 12.0. The average Bonchev–Trinajstić information content (AvgIpc) is 2.72. The summed E-state index contributed by atoms with van der Waals surface area (Å²) in [5.41, 5.74) is 1.79. The quantitative estimate of drug-likeness (QED) is 0.635. The van der Waals surface area contributed by atoms with E-state index >= 15 is 0 Å². The van der Waals surface area contributed by atoms with E-state index in [0.717, 1.165) is 0 Å². The van der Waals surface area contributed by atoms with Crippen LogP contribution in [0.2, 0.25) is 0 Å². The van der Waals surface area contributed by atoms with Gasteiger partial charge in [-0.05, 0) is 13.8 Å². The van der Waals surface area contributed by atoms with Crippen LogP contribution in [0.4, 0.5) is 0 Å². The summed E-state index contributed by atoms with van der Waals surface area (Å²) in [6.45, 7) is 3.78. The zero-order valence-corrected chi connectivity index (χ0v) is 13.6. The van der Waals surface area contributed by atoms with Gasteiger partial charge in [0, 0.05) is 36.1 Å². The molecule has 2 heterocycles. The fourth-order valence-electron chi connectivity index (χ4n) is 2.82. The van der Waals surface area contributed by atoms with E-state index in [1.165, 1.54) is 0 Å². The zero-order chi connectivity index (χ0) is 16.5. The van der Waals surface area contributed by atoms with Gasteiger partial charge in [0.2, 0.25) is 0 Å². The summed E-state index contributed by atoms with van der Waals surface area (Å²) in [7, 11) is -3.27. The molecule has 0 bridgehead atoms. The Bertz CT molecular complexity index is 698. The normalized spacial score (nSPS) is 24.0.